The Hall–Kier alpha value is -1.40. The average molecular weight is 350 g/mol. The van der Waals surface area contributed by atoms with E-state index >= 15 is 0 Å². The van der Waals surface area contributed by atoms with Gasteiger partial charge in [0.2, 0.25) is 5.91 Å². The standard InChI is InChI=1S/C18H26N2O3S/c1-13-4-10-24-15(13)11-19-8-6-18(7-9-19)5-3-16(21)20(12-18)14(2)17(22)23/h4,10,14H,3,5-9,11-12H2,1-2H3,(H,22,23)/t14-/m0/s1. The van der Waals surface area contributed by atoms with Crippen LogP contribution in [0.5, 0.6) is 0 Å². The smallest absolute Gasteiger partial charge is 0.326 e. The van der Waals surface area contributed by atoms with Crippen LogP contribution in [-0.4, -0.2) is 52.5 Å². The van der Waals surface area contributed by atoms with E-state index in [9.17, 15) is 14.7 Å². The number of piperidine rings is 2. The molecule has 3 heterocycles. The predicted molar refractivity (Wildman–Crippen MR) is 94.0 cm³/mol. The van der Waals surface area contributed by atoms with Crippen molar-refractivity contribution >= 4 is 23.2 Å². The van der Waals surface area contributed by atoms with E-state index in [1.165, 1.54) is 10.4 Å². The molecular weight excluding hydrogens is 324 g/mol. The number of likely N-dealkylation sites (tertiary alicyclic amines) is 2. The van der Waals surface area contributed by atoms with E-state index in [1.54, 1.807) is 11.8 Å². The highest BCUT2D eigenvalue weighted by atomic mass is 32.1. The Kier molecular flexibility index (Phi) is 4.97. The van der Waals surface area contributed by atoms with Gasteiger partial charge in [-0.2, -0.15) is 0 Å². The number of aliphatic carboxylic acids is 1. The van der Waals surface area contributed by atoms with Crippen LogP contribution in [0, 0.1) is 12.3 Å². The Labute approximate surface area is 147 Å². The third-order valence-corrected chi connectivity index (χ3v) is 6.78. The van der Waals surface area contributed by atoms with Crippen LogP contribution in [0.2, 0.25) is 0 Å². The molecule has 0 aliphatic carbocycles. The fourth-order valence-corrected chi connectivity index (χ4v) is 4.84. The lowest BCUT2D eigenvalue weighted by molar-refractivity contribution is -0.155. The van der Waals surface area contributed by atoms with Crippen molar-refractivity contribution in [2.24, 2.45) is 5.41 Å². The molecule has 2 saturated heterocycles. The van der Waals surface area contributed by atoms with Gasteiger partial charge in [0.1, 0.15) is 6.04 Å². The quantitative estimate of drug-likeness (QED) is 0.907. The molecule has 6 heteroatoms. The van der Waals surface area contributed by atoms with Crippen LogP contribution in [0.25, 0.3) is 0 Å². The molecule has 1 aromatic heterocycles. The summed E-state index contributed by atoms with van der Waals surface area (Å²) in [6.45, 7) is 7.45. The van der Waals surface area contributed by atoms with Crippen LogP contribution in [-0.2, 0) is 16.1 Å². The van der Waals surface area contributed by atoms with Crippen LogP contribution < -0.4 is 0 Å². The van der Waals surface area contributed by atoms with Gasteiger partial charge in [0.05, 0.1) is 0 Å². The van der Waals surface area contributed by atoms with Gasteiger partial charge in [-0.1, -0.05) is 0 Å². The molecule has 1 N–H and O–H groups in total. The van der Waals surface area contributed by atoms with Gasteiger partial charge in [0, 0.05) is 24.4 Å². The second kappa shape index (κ2) is 6.84. The number of aryl methyl sites for hydroxylation is 1. The van der Waals surface area contributed by atoms with E-state index in [-0.39, 0.29) is 11.3 Å². The molecule has 2 fully saturated rings. The van der Waals surface area contributed by atoms with Crippen LogP contribution in [0.4, 0.5) is 0 Å². The first-order valence-electron chi connectivity index (χ1n) is 8.68. The minimum Gasteiger partial charge on any atom is -0.480 e. The fraction of sp³-hybridized carbons (Fsp3) is 0.667. The van der Waals surface area contributed by atoms with Crippen molar-refractivity contribution in [3.05, 3.63) is 21.9 Å². The number of carboxylic acid groups (broad SMARTS) is 1. The highest BCUT2D eigenvalue weighted by molar-refractivity contribution is 7.10. The maximum atomic E-state index is 12.1. The third-order valence-electron chi connectivity index (χ3n) is 5.77. The topological polar surface area (TPSA) is 60.9 Å². The van der Waals surface area contributed by atoms with E-state index in [0.717, 1.165) is 38.9 Å². The van der Waals surface area contributed by atoms with Gasteiger partial charge in [0.15, 0.2) is 0 Å². The van der Waals surface area contributed by atoms with E-state index in [4.69, 9.17) is 0 Å². The number of thiophene rings is 1. The zero-order chi connectivity index (χ0) is 17.3. The summed E-state index contributed by atoms with van der Waals surface area (Å²) < 4.78 is 0. The Morgan fingerprint density at radius 3 is 2.67 bits per heavy atom. The maximum absolute atomic E-state index is 12.1. The summed E-state index contributed by atoms with van der Waals surface area (Å²) in [4.78, 5) is 28.9. The summed E-state index contributed by atoms with van der Waals surface area (Å²) >= 11 is 1.82. The molecule has 3 rings (SSSR count). The van der Waals surface area contributed by atoms with Crippen LogP contribution in [0.3, 0.4) is 0 Å². The van der Waals surface area contributed by atoms with Crippen molar-refractivity contribution in [1.82, 2.24) is 9.80 Å². The molecule has 0 bridgehead atoms. The zero-order valence-corrected chi connectivity index (χ0v) is 15.3. The number of carboxylic acids is 1. The molecule has 1 spiro atoms. The van der Waals surface area contributed by atoms with E-state index in [2.05, 4.69) is 23.3 Å². The van der Waals surface area contributed by atoms with E-state index in [1.807, 2.05) is 11.3 Å². The summed E-state index contributed by atoms with van der Waals surface area (Å²) in [6, 6.07) is 1.45. The first-order valence-corrected chi connectivity index (χ1v) is 9.56. The molecule has 0 aromatic carbocycles. The zero-order valence-electron chi connectivity index (χ0n) is 14.5. The molecule has 2 aliphatic rings. The Balaban J connectivity index is 1.61. The highest BCUT2D eigenvalue weighted by Crippen LogP contribution is 2.41. The number of hydrogen-bond donors (Lipinski definition) is 1. The maximum Gasteiger partial charge on any atom is 0.326 e. The first kappa shape index (κ1) is 17.4. The van der Waals surface area contributed by atoms with Gasteiger partial charge in [-0.15, -0.1) is 11.3 Å². The van der Waals surface area contributed by atoms with Crippen molar-refractivity contribution in [3.8, 4) is 0 Å². The van der Waals surface area contributed by atoms with Gasteiger partial charge < -0.3 is 10.0 Å². The lowest BCUT2D eigenvalue weighted by Crippen LogP contribution is -2.55. The summed E-state index contributed by atoms with van der Waals surface area (Å²) in [7, 11) is 0. The first-order chi connectivity index (χ1) is 11.4. The number of carbonyl (C=O) groups is 2. The van der Waals surface area contributed by atoms with E-state index in [0.29, 0.717) is 13.0 Å². The molecule has 0 saturated carbocycles. The van der Waals surface area contributed by atoms with Crippen molar-refractivity contribution in [3.63, 3.8) is 0 Å². The largest absolute Gasteiger partial charge is 0.480 e. The molecule has 1 amide bonds. The highest BCUT2D eigenvalue weighted by Gasteiger charge is 2.43. The van der Waals surface area contributed by atoms with Crippen LogP contribution in [0.1, 0.15) is 43.0 Å². The summed E-state index contributed by atoms with van der Waals surface area (Å²) in [5, 5.41) is 11.4. The van der Waals surface area contributed by atoms with Crippen molar-refractivity contribution in [2.75, 3.05) is 19.6 Å². The third kappa shape index (κ3) is 3.49. The van der Waals surface area contributed by atoms with Gasteiger partial charge >= 0.3 is 5.97 Å². The number of carbonyl (C=O) groups excluding carboxylic acids is 1. The predicted octanol–water partition coefficient (Wildman–Crippen LogP) is 2.73. The second-order valence-corrected chi connectivity index (χ2v) is 8.34. The van der Waals surface area contributed by atoms with Gasteiger partial charge in [-0.05, 0) is 68.6 Å². The summed E-state index contributed by atoms with van der Waals surface area (Å²) in [5.74, 6) is -0.918. The van der Waals surface area contributed by atoms with Gasteiger partial charge in [0.25, 0.3) is 0 Å². The summed E-state index contributed by atoms with van der Waals surface area (Å²) in [5.41, 5.74) is 1.48. The van der Waals surface area contributed by atoms with E-state index < -0.39 is 12.0 Å². The number of hydrogen-bond acceptors (Lipinski definition) is 4. The average Bonchev–Trinajstić information content (AvgIpc) is 2.96. The van der Waals surface area contributed by atoms with Crippen molar-refractivity contribution in [1.29, 1.82) is 0 Å². The van der Waals surface area contributed by atoms with Crippen LogP contribution >= 0.6 is 11.3 Å². The molecule has 5 nitrogen and oxygen atoms in total. The Morgan fingerprint density at radius 2 is 2.08 bits per heavy atom. The minimum absolute atomic E-state index is 0.00725. The lowest BCUT2D eigenvalue weighted by atomic mass is 9.72. The monoisotopic (exact) mass is 350 g/mol. The molecule has 0 unspecified atom stereocenters. The van der Waals surface area contributed by atoms with Crippen molar-refractivity contribution < 1.29 is 14.7 Å². The molecule has 24 heavy (non-hydrogen) atoms. The van der Waals surface area contributed by atoms with Crippen molar-refractivity contribution in [2.45, 2.75) is 52.1 Å². The Morgan fingerprint density at radius 1 is 1.38 bits per heavy atom. The molecule has 1 aromatic rings. The molecule has 2 aliphatic heterocycles. The molecular formula is C18H26N2O3S. The summed E-state index contributed by atoms with van der Waals surface area (Å²) in [6.07, 6.45) is 3.49. The lowest BCUT2D eigenvalue weighted by Gasteiger charge is -2.48. The second-order valence-electron chi connectivity index (χ2n) is 7.34. The molecule has 1 atom stereocenters. The molecule has 132 valence electrons. The number of nitrogens with zero attached hydrogens (tertiary/aromatic N) is 2. The Bertz CT molecular complexity index is 620. The minimum atomic E-state index is -0.911. The van der Waals surface area contributed by atoms with Crippen LogP contribution in [0.15, 0.2) is 11.4 Å². The van der Waals surface area contributed by atoms with Gasteiger partial charge in [-0.3, -0.25) is 9.69 Å². The molecule has 0 radical (unpaired) electrons. The number of rotatable bonds is 4. The number of amides is 1. The normalized spacial score (nSPS) is 22.8. The van der Waals surface area contributed by atoms with Gasteiger partial charge in [-0.25, -0.2) is 4.79 Å². The SMILES string of the molecule is Cc1ccsc1CN1CCC2(CCC(=O)N([C@@H](C)C(=O)O)C2)CC1. The fourth-order valence-electron chi connectivity index (χ4n) is 3.89.